The van der Waals surface area contributed by atoms with Crippen molar-refractivity contribution in [2.75, 3.05) is 13.1 Å². The van der Waals surface area contributed by atoms with Gasteiger partial charge in [-0.2, -0.15) is 0 Å². The molecule has 1 amide bonds. The molecule has 20 heavy (non-hydrogen) atoms. The Balaban J connectivity index is 1.96. The van der Waals surface area contributed by atoms with Crippen LogP contribution in [0.15, 0.2) is 11.6 Å². The number of ether oxygens (including phenoxy) is 1. The number of thiazole rings is 1. The molecular weight excluding hydrogens is 272 g/mol. The predicted molar refractivity (Wildman–Crippen MR) is 81.1 cm³/mol. The molecule has 2 atom stereocenters. The molecule has 0 bridgehead atoms. The lowest BCUT2D eigenvalue weighted by atomic mass is 9.87. The van der Waals surface area contributed by atoms with Crippen molar-refractivity contribution in [3.05, 3.63) is 16.6 Å². The SMILES string of the molecule is CC(c1nccs1)C1CCCN(C(=O)OC(C)(C)C)C1. The fourth-order valence-electron chi connectivity index (χ4n) is 2.57. The molecule has 2 rings (SSSR count). The number of rotatable bonds is 2. The second-order valence-electron chi connectivity index (χ2n) is 6.49. The minimum Gasteiger partial charge on any atom is -0.444 e. The molecule has 112 valence electrons. The third-order valence-corrected chi connectivity index (χ3v) is 4.63. The van der Waals surface area contributed by atoms with Crippen LogP contribution in [0.2, 0.25) is 0 Å². The van der Waals surface area contributed by atoms with Crippen LogP contribution >= 0.6 is 11.3 Å². The monoisotopic (exact) mass is 296 g/mol. The molecule has 4 nitrogen and oxygen atoms in total. The average molecular weight is 296 g/mol. The standard InChI is InChI=1S/C15H24N2O2S/c1-11(13-16-7-9-20-13)12-6-5-8-17(10-12)14(18)19-15(2,3)4/h7,9,11-12H,5-6,8,10H2,1-4H3. The molecule has 0 spiro atoms. The lowest BCUT2D eigenvalue weighted by molar-refractivity contribution is 0.0154. The van der Waals surface area contributed by atoms with Crippen molar-refractivity contribution in [3.63, 3.8) is 0 Å². The highest BCUT2D eigenvalue weighted by atomic mass is 32.1. The first-order valence-corrected chi connectivity index (χ1v) is 8.12. The number of piperidine rings is 1. The maximum absolute atomic E-state index is 12.2. The van der Waals surface area contributed by atoms with Crippen molar-refractivity contribution >= 4 is 17.4 Å². The Hall–Kier alpha value is -1.10. The molecule has 2 unspecified atom stereocenters. The first kappa shape index (κ1) is 15.3. The van der Waals surface area contributed by atoms with Gasteiger partial charge in [-0.05, 0) is 39.5 Å². The summed E-state index contributed by atoms with van der Waals surface area (Å²) < 4.78 is 5.47. The molecule has 1 aromatic rings. The molecule has 1 aliphatic heterocycles. The van der Waals surface area contributed by atoms with Gasteiger partial charge >= 0.3 is 6.09 Å². The third kappa shape index (κ3) is 3.95. The van der Waals surface area contributed by atoms with Gasteiger partial charge in [-0.25, -0.2) is 9.78 Å². The van der Waals surface area contributed by atoms with E-state index in [1.165, 1.54) is 5.01 Å². The second kappa shape index (κ2) is 6.12. The third-order valence-electron chi connectivity index (χ3n) is 3.66. The Labute approximate surface area is 125 Å². The van der Waals surface area contributed by atoms with Crippen LogP contribution in [0.1, 0.15) is 51.5 Å². The van der Waals surface area contributed by atoms with Crippen molar-refractivity contribution in [1.82, 2.24) is 9.88 Å². The van der Waals surface area contributed by atoms with E-state index < -0.39 is 5.60 Å². The largest absolute Gasteiger partial charge is 0.444 e. The zero-order chi connectivity index (χ0) is 14.8. The zero-order valence-electron chi connectivity index (χ0n) is 12.8. The van der Waals surface area contributed by atoms with E-state index in [9.17, 15) is 4.79 Å². The van der Waals surface area contributed by atoms with Crippen molar-refractivity contribution in [1.29, 1.82) is 0 Å². The molecule has 5 heteroatoms. The van der Waals surface area contributed by atoms with Gasteiger partial charge in [0.1, 0.15) is 5.60 Å². The number of carbonyl (C=O) groups excluding carboxylic acids is 1. The molecule has 0 radical (unpaired) electrons. The van der Waals surface area contributed by atoms with Gasteiger partial charge in [-0.1, -0.05) is 6.92 Å². The minimum atomic E-state index is -0.426. The van der Waals surface area contributed by atoms with Crippen LogP contribution in [-0.2, 0) is 4.74 Å². The summed E-state index contributed by atoms with van der Waals surface area (Å²) in [6.07, 6.45) is 3.86. The van der Waals surface area contributed by atoms with Gasteiger partial charge in [0.25, 0.3) is 0 Å². The van der Waals surface area contributed by atoms with E-state index in [1.54, 1.807) is 11.3 Å². The molecule has 1 aromatic heterocycles. The van der Waals surface area contributed by atoms with Crippen LogP contribution < -0.4 is 0 Å². The fourth-order valence-corrected chi connectivity index (χ4v) is 3.36. The van der Waals surface area contributed by atoms with Crippen LogP contribution in [-0.4, -0.2) is 34.7 Å². The highest BCUT2D eigenvalue weighted by Crippen LogP contribution is 2.32. The quantitative estimate of drug-likeness (QED) is 0.831. The molecule has 0 N–H and O–H groups in total. The number of aromatic nitrogens is 1. The zero-order valence-corrected chi connectivity index (χ0v) is 13.6. The minimum absolute atomic E-state index is 0.187. The van der Waals surface area contributed by atoms with E-state index in [4.69, 9.17) is 4.74 Å². The van der Waals surface area contributed by atoms with E-state index in [-0.39, 0.29) is 6.09 Å². The molecule has 0 saturated carbocycles. The molecule has 1 saturated heterocycles. The van der Waals surface area contributed by atoms with Crippen molar-refractivity contribution in [2.45, 2.75) is 52.1 Å². The number of hydrogen-bond acceptors (Lipinski definition) is 4. The molecule has 0 aliphatic carbocycles. The van der Waals surface area contributed by atoms with E-state index in [0.717, 1.165) is 25.9 Å². The molecule has 2 heterocycles. The summed E-state index contributed by atoms with van der Waals surface area (Å²) in [6.45, 7) is 9.51. The van der Waals surface area contributed by atoms with Crippen LogP contribution in [0.5, 0.6) is 0 Å². The Kier molecular flexibility index (Phi) is 4.68. The number of hydrogen-bond donors (Lipinski definition) is 0. The summed E-state index contributed by atoms with van der Waals surface area (Å²) in [4.78, 5) is 18.4. The summed E-state index contributed by atoms with van der Waals surface area (Å²) in [7, 11) is 0. The smallest absolute Gasteiger partial charge is 0.410 e. The summed E-state index contributed by atoms with van der Waals surface area (Å²) in [5.41, 5.74) is -0.426. The topological polar surface area (TPSA) is 42.4 Å². The van der Waals surface area contributed by atoms with Gasteiger partial charge in [0.2, 0.25) is 0 Å². The Bertz CT molecular complexity index is 439. The second-order valence-corrected chi connectivity index (χ2v) is 7.41. The van der Waals surface area contributed by atoms with Crippen molar-refractivity contribution < 1.29 is 9.53 Å². The van der Waals surface area contributed by atoms with Crippen LogP contribution in [0.4, 0.5) is 4.79 Å². The molecular formula is C15H24N2O2S. The Morgan fingerprint density at radius 2 is 2.30 bits per heavy atom. The summed E-state index contributed by atoms with van der Waals surface area (Å²) >= 11 is 1.70. The lowest BCUT2D eigenvalue weighted by Crippen LogP contribution is -2.43. The van der Waals surface area contributed by atoms with Crippen LogP contribution in [0.25, 0.3) is 0 Å². The number of likely N-dealkylation sites (tertiary alicyclic amines) is 1. The van der Waals surface area contributed by atoms with Crippen LogP contribution in [0, 0.1) is 5.92 Å². The first-order chi connectivity index (χ1) is 9.37. The fraction of sp³-hybridized carbons (Fsp3) is 0.733. The van der Waals surface area contributed by atoms with Crippen molar-refractivity contribution in [2.24, 2.45) is 5.92 Å². The van der Waals surface area contributed by atoms with E-state index >= 15 is 0 Å². The van der Waals surface area contributed by atoms with Crippen LogP contribution in [0.3, 0.4) is 0 Å². The van der Waals surface area contributed by atoms with Crippen molar-refractivity contribution in [3.8, 4) is 0 Å². The highest BCUT2D eigenvalue weighted by Gasteiger charge is 2.31. The van der Waals surface area contributed by atoms with Gasteiger partial charge in [0.15, 0.2) is 0 Å². The van der Waals surface area contributed by atoms with Gasteiger partial charge in [0.05, 0.1) is 5.01 Å². The average Bonchev–Trinajstić information content (AvgIpc) is 2.90. The Morgan fingerprint density at radius 1 is 1.55 bits per heavy atom. The molecule has 0 aromatic carbocycles. The van der Waals surface area contributed by atoms with Gasteiger partial charge in [-0.15, -0.1) is 11.3 Å². The molecule has 1 fully saturated rings. The van der Waals surface area contributed by atoms with E-state index in [2.05, 4.69) is 11.9 Å². The van der Waals surface area contributed by atoms with E-state index in [1.807, 2.05) is 37.2 Å². The van der Waals surface area contributed by atoms with Gasteiger partial charge in [0, 0.05) is 30.6 Å². The number of amides is 1. The first-order valence-electron chi connectivity index (χ1n) is 7.24. The predicted octanol–water partition coefficient (Wildman–Crippen LogP) is 3.89. The van der Waals surface area contributed by atoms with Gasteiger partial charge in [-0.3, -0.25) is 0 Å². The lowest BCUT2D eigenvalue weighted by Gasteiger charge is -2.36. The highest BCUT2D eigenvalue weighted by molar-refractivity contribution is 7.09. The van der Waals surface area contributed by atoms with E-state index in [0.29, 0.717) is 11.8 Å². The normalized spacial score (nSPS) is 21.6. The van der Waals surface area contributed by atoms with Gasteiger partial charge < -0.3 is 9.64 Å². The molecule has 1 aliphatic rings. The summed E-state index contributed by atoms with van der Waals surface area (Å²) in [5.74, 6) is 0.877. The Morgan fingerprint density at radius 3 is 2.90 bits per heavy atom. The number of carbonyl (C=O) groups is 1. The summed E-state index contributed by atoms with van der Waals surface area (Å²) in [6, 6.07) is 0. The maximum atomic E-state index is 12.2. The number of nitrogens with zero attached hydrogens (tertiary/aromatic N) is 2. The summed E-state index contributed by atoms with van der Waals surface area (Å²) in [5, 5.41) is 3.18. The maximum Gasteiger partial charge on any atom is 0.410 e.